The van der Waals surface area contributed by atoms with Crippen molar-refractivity contribution in [2.45, 2.75) is 43.0 Å². The zero-order chi connectivity index (χ0) is 17.1. The number of carbonyl (C=O) groups excluding carboxylic acids is 1. The Morgan fingerprint density at radius 2 is 2.22 bits per heavy atom. The summed E-state index contributed by atoms with van der Waals surface area (Å²) in [6.45, 7) is 2.01. The molecule has 0 spiro atoms. The molecule has 23 heavy (non-hydrogen) atoms. The number of nitrogens with one attached hydrogen (secondary N) is 1. The van der Waals surface area contributed by atoms with Crippen LogP contribution in [0.3, 0.4) is 0 Å². The lowest BCUT2D eigenvalue weighted by molar-refractivity contribution is 0.0600. The summed E-state index contributed by atoms with van der Waals surface area (Å²) in [6, 6.07) is 7.75. The number of benzene rings is 1. The maximum absolute atomic E-state index is 12.6. The van der Waals surface area contributed by atoms with Crippen molar-refractivity contribution < 1.29 is 17.9 Å². The molecule has 1 N–H and O–H groups in total. The van der Waals surface area contributed by atoms with Gasteiger partial charge in [-0.25, -0.2) is 13.2 Å². The normalized spacial score (nSPS) is 24.7. The Labute approximate surface area is 136 Å². The van der Waals surface area contributed by atoms with Crippen LogP contribution < -0.4 is 4.72 Å². The van der Waals surface area contributed by atoms with Gasteiger partial charge in [0.05, 0.1) is 23.6 Å². The van der Waals surface area contributed by atoms with Gasteiger partial charge in [-0.1, -0.05) is 25.8 Å². The molecule has 0 aliphatic heterocycles. The second kappa shape index (κ2) is 6.69. The molecule has 0 bridgehead atoms. The van der Waals surface area contributed by atoms with Gasteiger partial charge in [-0.15, -0.1) is 0 Å². The van der Waals surface area contributed by atoms with Crippen molar-refractivity contribution >= 4 is 16.0 Å². The maximum Gasteiger partial charge on any atom is 0.337 e. The molecule has 1 aliphatic rings. The summed E-state index contributed by atoms with van der Waals surface area (Å²) in [6.07, 6.45) is 2.77. The fourth-order valence-corrected chi connectivity index (χ4v) is 4.40. The van der Waals surface area contributed by atoms with Crippen LogP contribution in [0.25, 0.3) is 0 Å². The van der Waals surface area contributed by atoms with Crippen LogP contribution in [-0.4, -0.2) is 27.0 Å². The van der Waals surface area contributed by atoms with E-state index >= 15 is 0 Å². The molecular formula is C16H20N2O4S. The van der Waals surface area contributed by atoms with Gasteiger partial charge >= 0.3 is 5.97 Å². The van der Waals surface area contributed by atoms with Gasteiger partial charge in [-0.05, 0) is 37.0 Å². The molecule has 2 atom stereocenters. The summed E-state index contributed by atoms with van der Waals surface area (Å²) < 4.78 is 32.4. The minimum absolute atomic E-state index is 0.0479. The molecule has 0 aromatic heterocycles. The molecule has 6 nitrogen and oxygen atoms in total. The summed E-state index contributed by atoms with van der Waals surface area (Å²) in [7, 11) is -2.67. The van der Waals surface area contributed by atoms with Crippen LogP contribution in [0.5, 0.6) is 0 Å². The van der Waals surface area contributed by atoms with E-state index in [1.54, 1.807) is 0 Å². The quantitative estimate of drug-likeness (QED) is 0.851. The SMILES string of the molecule is COC(=O)c1cccc(S(=O)(=O)N[C@]2(C#N)CCC[C@@H](C)C2)c1. The van der Waals surface area contributed by atoms with Crippen LogP contribution in [0.4, 0.5) is 0 Å². The van der Waals surface area contributed by atoms with Crippen molar-refractivity contribution in [3.63, 3.8) is 0 Å². The lowest BCUT2D eigenvalue weighted by atomic mass is 9.78. The Bertz CT molecular complexity index is 739. The maximum atomic E-state index is 12.6. The number of sulfonamides is 1. The Balaban J connectivity index is 2.31. The van der Waals surface area contributed by atoms with Gasteiger partial charge in [0.25, 0.3) is 0 Å². The third kappa shape index (κ3) is 3.89. The zero-order valence-corrected chi connectivity index (χ0v) is 14.0. The first-order chi connectivity index (χ1) is 10.8. The zero-order valence-electron chi connectivity index (χ0n) is 13.2. The molecule has 1 aromatic rings. The van der Waals surface area contributed by atoms with Crippen molar-refractivity contribution in [1.29, 1.82) is 5.26 Å². The number of nitriles is 1. The van der Waals surface area contributed by atoms with Crippen molar-refractivity contribution in [3.8, 4) is 6.07 Å². The number of methoxy groups -OCH3 is 1. The Hall–Kier alpha value is -1.91. The molecule has 1 saturated carbocycles. The summed E-state index contributed by atoms with van der Waals surface area (Å²) in [5.74, 6) is -0.323. The standard InChI is InChI=1S/C16H20N2O4S/c1-12-5-4-8-16(10-12,11-17)18-23(20,21)14-7-3-6-13(9-14)15(19)22-2/h3,6-7,9,12,18H,4-5,8,10H2,1-2H3/t12-,16-/m1/s1. The van der Waals surface area contributed by atoms with E-state index in [9.17, 15) is 18.5 Å². The predicted octanol–water partition coefficient (Wildman–Crippen LogP) is 2.22. The number of ether oxygens (including phenoxy) is 1. The minimum atomic E-state index is -3.90. The summed E-state index contributed by atoms with van der Waals surface area (Å²) >= 11 is 0. The monoisotopic (exact) mass is 336 g/mol. The first-order valence-corrected chi connectivity index (χ1v) is 8.94. The van der Waals surface area contributed by atoms with Crippen LogP contribution >= 0.6 is 0 Å². The van der Waals surface area contributed by atoms with E-state index in [2.05, 4.69) is 15.5 Å². The molecule has 0 amide bonds. The first kappa shape index (κ1) is 17.4. The van der Waals surface area contributed by atoms with Crippen LogP contribution in [0.15, 0.2) is 29.2 Å². The molecule has 2 rings (SSSR count). The van der Waals surface area contributed by atoms with Gasteiger partial charge < -0.3 is 4.74 Å². The number of rotatable bonds is 4. The average molecular weight is 336 g/mol. The summed E-state index contributed by atoms with van der Waals surface area (Å²) in [5, 5.41) is 9.50. The van der Waals surface area contributed by atoms with E-state index in [-0.39, 0.29) is 16.4 Å². The predicted molar refractivity (Wildman–Crippen MR) is 84.1 cm³/mol. The molecule has 1 aliphatic carbocycles. The second-order valence-electron chi connectivity index (χ2n) is 6.02. The van der Waals surface area contributed by atoms with Crippen LogP contribution in [-0.2, 0) is 14.8 Å². The number of hydrogen-bond acceptors (Lipinski definition) is 5. The third-order valence-electron chi connectivity index (χ3n) is 4.11. The number of carbonyl (C=O) groups is 1. The molecule has 0 heterocycles. The van der Waals surface area contributed by atoms with Crippen LogP contribution in [0.1, 0.15) is 43.0 Å². The fraction of sp³-hybridized carbons (Fsp3) is 0.500. The van der Waals surface area contributed by atoms with Gasteiger partial charge in [-0.2, -0.15) is 9.98 Å². The highest BCUT2D eigenvalue weighted by atomic mass is 32.2. The Morgan fingerprint density at radius 3 is 2.83 bits per heavy atom. The number of esters is 1. The molecular weight excluding hydrogens is 316 g/mol. The molecule has 0 unspecified atom stereocenters. The second-order valence-corrected chi connectivity index (χ2v) is 7.70. The molecule has 1 aromatic carbocycles. The van der Waals surface area contributed by atoms with Gasteiger partial charge in [0.1, 0.15) is 5.54 Å². The fourth-order valence-electron chi connectivity index (χ4n) is 2.99. The molecule has 124 valence electrons. The molecule has 1 fully saturated rings. The highest BCUT2D eigenvalue weighted by Crippen LogP contribution is 2.33. The Morgan fingerprint density at radius 1 is 1.48 bits per heavy atom. The van der Waals surface area contributed by atoms with E-state index < -0.39 is 21.5 Å². The molecule has 0 radical (unpaired) electrons. The van der Waals surface area contributed by atoms with E-state index in [0.29, 0.717) is 12.8 Å². The highest BCUT2D eigenvalue weighted by Gasteiger charge is 2.39. The van der Waals surface area contributed by atoms with Gasteiger partial charge in [0.15, 0.2) is 0 Å². The Kier molecular flexibility index (Phi) is 5.07. The minimum Gasteiger partial charge on any atom is -0.465 e. The van der Waals surface area contributed by atoms with E-state index in [4.69, 9.17) is 0 Å². The molecule has 7 heteroatoms. The van der Waals surface area contributed by atoms with Crippen molar-refractivity contribution in [2.75, 3.05) is 7.11 Å². The summed E-state index contributed by atoms with van der Waals surface area (Å²) in [5.41, 5.74) is -0.934. The molecule has 0 saturated heterocycles. The van der Waals surface area contributed by atoms with Gasteiger partial charge in [-0.3, -0.25) is 0 Å². The lowest BCUT2D eigenvalue weighted by Gasteiger charge is -2.34. The van der Waals surface area contributed by atoms with Gasteiger partial charge in [0, 0.05) is 0 Å². The summed E-state index contributed by atoms with van der Waals surface area (Å²) in [4.78, 5) is 11.5. The van der Waals surface area contributed by atoms with Crippen molar-refractivity contribution in [1.82, 2.24) is 4.72 Å². The van der Waals surface area contributed by atoms with E-state index in [1.807, 2.05) is 6.92 Å². The van der Waals surface area contributed by atoms with E-state index in [1.165, 1.54) is 31.4 Å². The van der Waals surface area contributed by atoms with E-state index in [0.717, 1.165) is 12.8 Å². The lowest BCUT2D eigenvalue weighted by Crippen LogP contribution is -2.49. The first-order valence-electron chi connectivity index (χ1n) is 7.45. The van der Waals surface area contributed by atoms with Crippen molar-refractivity contribution in [3.05, 3.63) is 29.8 Å². The third-order valence-corrected chi connectivity index (χ3v) is 5.64. The smallest absolute Gasteiger partial charge is 0.337 e. The number of nitrogens with zero attached hydrogens (tertiary/aromatic N) is 1. The average Bonchev–Trinajstić information content (AvgIpc) is 2.53. The topological polar surface area (TPSA) is 96.3 Å². The largest absolute Gasteiger partial charge is 0.465 e. The number of hydrogen-bond donors (Lipinski definition) is 1. The van der Waals surface area contributed by atoms with Gasteiger partial charge in [0.2, 0.25) is 10.0 Å². The highest BCUT2D eigenvalue weighted by molar-refractivity contribution is 7.89. The van der Waals surface area contributed by atoms with Crippen LogP contribution in [0.2, 0.25) is 0 Å². The van der Waals surface area contributed by atoms with Crippen LogP contribution in [0, 0.1) is 17.2 Å². The van der Waals surface area contributed by atoms with Crippen molar-refractivity contribution in [2.24, 2.45) is 5.92 Å².